The fourth-order valence-electron chi connectivity index (χ4n) is 2.09. The molecule has 1 amide bonds. The maximum Gasteiger partial charge on any atom is 0.310 e. The van der Waals surface area contributed by atoms with Crippen LogP contribution in [0.15, 0.2) is 24.3 Å². The number of methoxy groups -OCH3 is 1. The third kappa shape index (κ3) is 3.73. The van der Waals surface area contributed by atoms with Crippen LogP contribution in [0.4, 0.5) is 5.69 Å². The van der Waals surface area contributed by atoms with Gasteiger partial charge in [-0.2, -0.15) is 0 Å². The van der Waals surface area contributed by atoms with Crippen LogP contribution in [-0.4, -0.2) is 24.1 Å². The molecule has 20 heavy (non-hydrogen) atoms. The molecule has 1 aromatic rings. The van der Waals surface area contributed by atoms with Gasteiger partial charge in [-0.25, -0.2) is 0 Å². The highest BCUT2D eigenvalue weighted by molar-refractivity contribution is 5.94. The summed E-state index contributed by atoms with van der Waals surface area (Å²) in [5.74, 6) is -0.592. The molecule has 5 heteroatoms. The first-order valence-corrected chi connectivity index (χ1v) is 6.64. The quantitative estimate of drug-likeness (QED) is 0.804. The molecule has 0 aliphatic heterocycles. The van der Waals surface area contributed by atoms with Gasteiger partial charge in [0.15, 0.2) is 0 Å². The molecule has 2 N–H and O–H groups in total. The molecule has 0 bridgehead atoms. The first kappa shape index (κ1) is 16.0. The van der Waals surface area contributed by atoms with Crippen LogP contribution in [-0.2, 0) is 9.59 Å². The van der Waals surface area contributed by atoms with Gasteiger partial charge in [0.05, 0.1) is 12.5 Å². The minimum absolute atomic E-state index is 0.0352. The van der Waals surface area contributed by atoms with Crippen molar-refractivity contribution in [2.45, 2.75) is 33.1 Å². The van der Waals surface area contributed by atoms with Gasteiger partial charge in [-0.05, 0) is 25.0 Å². The van der Waals surface area contributed by atoms with Gasteiger partial charge < -0.3 is 15.2 Å². The van der Waals surface area contributed by atoms with Gasteiger partial charge in [0.1, 0.15) is 5.75 Å². The zero-order valence-corrected chi connectivity index (χ0v) is 12.1. The third-order valence-electron chi connectivity index (χ3n) is 3.66. The summed E-state index contributed by atoms with van der Waals surface area (Å²) >= 11 is 0. The van der Waals surface area contributed by atoms with E-state index in [2.05, 4.69) is 5.32 Å². The van der Waals surface area contributed by atoms with Crippen molar-refractivity contribution < 1.29 is 19.4 Å². The first-order chi connectivity index (χ1) is 9.47. The van der Waals surface area contributed by atoms with Crippen molar-refractivity contribution in [2.75, 3.05) is 12.4 Å². The van der Waals surface area contributed by atoms with E-state index in [0.717, 1.165) is 0 Å². The highest BCUT2D eigenvalue weighted by Crippen LogP contribution is 2.31. The molecule has 0 fully saturated rings. The zero-order valence-electron chi connectivity index (χ0n) is 12.1. The fraction of sp³-hybridized carbons (Fsp3) is 0.467. The lowest BCUT2D eigenvalue weighted by Crippen LogP contribution is -2.34. The number of amides is 1. The Labute approximate surface area is 118 Å². The van der Waals surface area contributed by atoms with E-state index in [1.807, 2.05) is 0 Å². The third-order valence-corrected chi connectivity index (χ3v) is 3.66. The number of anilines is 1. The van der Waals surface area contributed by atoms with Crippen LogP contribution >= 0.6 is 0 Å². The average Bonchev–Trinajstić information content (AvgIpc) is 2.44. The Balaban J connectivity index is 2.78. The van der Waals surface area contributed by atoms with Crippen molar-refractivity contribution in [3.63, 3.8) is 0 Å². The van der Waals surface area contributed by atoms with Gasteiger partial charge in [-0.3, -0.25) is 9.59 Å². The molecular weight excluding hydrogens is 258 g/mol. The van der Waals surface area contributed by atoms with Gasteiger partial charge in [0, 0.05) is 18.2 Å². The number of rotatable bonds is 7. The Morgan fingerprint density at radius 1 is 1.30 bits per heavy atom. The summed E-state index contributed by atoms with van der Waals surface area (Å²) in [5.41, 5.74) is -0.399. The summed E-state index contributed by atoms with van der Waals surface area (Å²) in [6, 6.07) is 6.97. The minimum Gasteiger partial charge on any atom is -0.497 e. The predicted octanol–water partition coefficient (Wildman–Crippen LogP) is 2.91. The molecule has 0 unspecified atom stereocenters. The van der Waals surface area contributed by atoms with E-state index in [-0.39, 0.29) is 12.3 Å². The number of carboxylic acid groups (broad SMARTS) is 1. The summed E-state index contributed by atoms with van der Waals surface area (Å²) in [6.07, 6.45) is 0.807. The lowest BCUT2D eigenvalue weighted by molar-refractivity contribution is -0.151. The lowest BCUT2D eigenvalue weighted by atomic mass is 9.79. The standard InChI is InChI=1S/C15H21NO4/c1-4-15(5-2,14(18)19)10-13(17)16-11-7-6-8-12(9-11)20-3/h6-9H,4-5,10H2,1-3H3,(H,16,17)(H,18,19). The number of carbonyl (C=O) groups is 2. The maximum absolute atomic E-state index is 12.0. The highest BCUT2D eigenvalue weighted by atomic mass is 16.5. The number of hydrogen-bond acceptors (Lipinski definition) is 3. The lowest BCUT2D eigenvalue weighted by Gasteiger charge is -2.25. The summed E-state index contributed by atoms with van der Waals surface area (Å²) in [7, 11) is 1.55. The zero-order chi connectivity index (χ0) is 15.2. The van der Waals surface area contributed by atoms with Crippen LogP contribution in [0.25, 0.3) is 0 Å². The van der Waals surface area contributed by atoms with Gasteiger partial charge in [-0.1, -0.05) is 19.9 Å². The van der Waals surface area contributed by atoms with Crippen LogP contribution < -0.4 is 10.1 Å². The Bertz CT molecular complexity index is 481. The van der Waals surface area contributed by atoms with Crippen molar-refractivity contribution in [1.29, 1.82) is 0 Å². The number of carboxylic acids is 1. The van der Waals surface area contributed by atoms with Crippen LogP contribution in [0.3, 0.4) is 0 Å². The Morgan fingerprint density at radius 2 is 1.95 bits per heavy atom. The molecule has 0 saturated carbocycles. The van der Waals surface area contributed by atoms with E-state index >= 15 is 0 Å². The number of hydrogen-bond donors (Lipinski definition) is 2. The molecule has 0 aliphatic rings. The molecule has 0 atom stereocenters. The van der Waals surface area contributed by atoms with E-state index in [1.54, 1.807) is 45.2 Å². The number of carbonyl (C=O) groups excluding carboxylic acids is 1. The Hall–Kier alpha value is -2.04. The van der Waals surface area contributed by atoms with Crippen molar-refractivity contribution in [3.8, 4) is 5.75 Å². The largest absolute Gasteiger partial charge is 0.497 e. The van der Waals surface area contributed by atoms with Crippen molar-refractivity contribution in [1.82, 2.24) is 0 Å². The number of nitrogens with one attached hydrogen (secondary N) is 1. The topological polar surface area (TPSA) is 75.6 Å². The Kier molecular flexibility index (Phi) is 5.55. The monoisotopic (exact) mass is 279 g/mol. The molecule has 5 nitrogen and oxygen atoms in total. The second kappa shape index (κ2) is 6.93. The average molecular weight is 279 g/mol. The SMILES string of the molecule is CCC(CC)(CC(=O)Nc1cccc(OC)c1)C(=O)O. The molecule has 0 aromatic heterocycles. The summed E-state index contributed by atoms with van der Waals surface area (Å²) < 4.78 is 5.07. The fourth-order valence-corrected chi connectivity index (χ4v) is 2.09. The van der Waals surface area contributed by atoms with Gasteiger partial charge in [0.2, 0.25) is 5.91 Å². The molecule has 1 aromatic carbocycles. The van der Waals surface area contributed by atoms with E-state index in [1.165, 1.54) is 0 Å². The van der Waals surface area contributed by atoms with Gasteiger partial charge >= 0.3 is 5.97 Å². The van der Waals surface area contributed by atoms with E-state index in [4.69, 9.17) is 4.74 Å². The minimum atomic E-state index is -0.997. The molecule has 110 valence electrons. The van der Waals surface area contributed by atoms with E-state index < -0.39 is 11.4 Å². The molecule has 0 aliphatic carbocycles. The Morgan fingerprint density at radius 3 is 2.45 bits per heavy atom. The molecule has 0 radical (unpaired) electrons. The van der Waals surface area contributed by atoms with E-state index in [0.29, 0.717) is 24.3 Å². The second-order valence-corrected chi connectivity index (χ2v) is 4.75. The molecule has 0 saturated heterocycles. The van der Waals surface area contributed by atoms with Crippen LogP contribution in [0.2, 0.25) is 0 Å². The van der Waals surface area contributed by atoms with Crippen molar-refractivity contribution >= 4 is 17.6 Å². The molecule has 1 rings (SSSR count). The molecule has 0 heterocycles. The number of benzene rings is 1. The second-order valence-electron chi connectivity index (χ2n) is 4.75. The smallest absolute Gasteiger partial charge is 0.310 e. The molecule has 0 spiro atoms. The van der Waals surface area contributed by atoms with Crippen LogP contribution in [0.1, 0.15) is 33.1 Å². The summed E-state index contributed by atoms with van der Waals surface area (Å²) in [4.78, 5) is 23.4. The number of aliphatic carboxylic acids is 1. The van der Waals surface area contributed by atoms with E-state index in [9.17, 15) is 14.7 Å². The maximum atomic E-state index is 12.0. The van der Waals surface area contributed by atoms with Crippen molar-refractivity contribution in [2.24, 2.45) is 5.41 Å². The summed E-state index contributed by atoms with van der Waals surface area (Å²) in [5, 5.41) is 12.0. The predicted molar refractivity (Wildman–Crippen MR) is 76.9 cm³/mol. The van der Waals surface area contributed by atoms with Crippen LogP contribution in [0, 0.1) is 5.41 Å². The molecular formula is C15H21NO4. The summed E-state index contributed by atoms with van der Waals surface area (Å²) in [6.45, 7) is 3.58. The van der Waals surface area contributed by atoms with Crippen molar-refractivity contribution in [3.05, 3.63) is 24.3 Å². The number of ether oxygens (including phenoxy) is 1. The highest BCUT2D eigenvalue weighted by Gasteiger charge is 2.37. The first-order valence-electron chi connectivity index (χ1n) is 6.64. The van der Waals surface area contributed by atoms with Crippen LogP contribution in [0.5, 0.6) is 5.75 Å². The normalized spacial score (nSPS) is 10.9. The van der Waals surface area contributed by atoms with Gasteiger partial charge in [-0.15, -0.1) is 0 Å². The van der Waals surface area contributed by atoms with Gasteiger partial charge in [0.25, 0.3) is 0 Å².